The van der Waals surface area contributed by atoms with Gasteiger partial charge in [-0.3, -0.25) is 0 Å². The van der Waals surface area contributed by atoms with Crippen LogP contribution < -0.4 is 10.1 Å². The van der Waals surface area contributed by atoms with Gasteiger partial charge in [-0.25, -0.2) is 0 Å². The summed E-state index contributed by atoms with van der Waals surface area (Å²) in [6, 6.07) is 2.91. The van der Waals surface area contributed by atoms with Crippen molar-refractivity contribution in [2.24, 2.45) is 0 Å². The summed E-state index contributed by atoms with van der Waals surface area (Å²) < 4.78 is 44.1. The fourth-order valence-electron chi connectivity index (χ4n) is 2.21. The number of ether oxygens (including phenoxy) is 1. The minimum absolute atomic E-state index is 0.133. The molecule has 0 bridgehead atoms. The summed E-state index contributed by atoms with van der Waals surface area (Å²) in [4.78, 5) is 0. The van der Waals surface area contributed by atoms with Crippen molar-refractivity contribution in [3.05, 3.63) is 27.7 Å². The summed E-state index contributed by atoms with van der Waals surface area (Å²) in [5.74, 6) is -0.0227. The number of hydrogen-bond acceptors (Lipinski definition) is 2. The van der Waals surface area contributed by atoms with Crippen LogP contribution in [0.5, 0.6) is 5.75 Å². The summed E-state index contributed by atoms with van der Waals surface area (Å²) in [6.07, 6.45) is -3.55. The van der Waals surface area contributed by atoms with Crippen LogP contribution in [-0.2, 0) is 6.18 Å². The Kier molecular flexibility index (Phi) is 3.87. The molecular weight excluding hydrogens is 311 g/mol. The Hall–Kier alpha value is -0.750. The predicted octanol–water partition coefficient (Wildman–Crippen LogP) is 3.55. The first-order valence-corrected chi connectivity index (χ1v) is 6.38. The zero-order valence-corrected chi connectivity index (χ0v) is 11.4. The van der Waals surface area contributed by atoms with E-state index < -0.39 is 11.7 Å². The molecule has 0 spiro atoms. The minimum atomic E-state index is -4.41. The van der Waals surface area contributed by atoms with Gasteiger partial charge in [0, 0.05) is 6.54 Å². The average molecular weight is 324 g/mol. The second kappa shape index (κ2) is 5.09. The SMILES string of the molecule is COc1c(Br)cc(C2CCNC2)cc1C(F)(F)F. The van der Waals surface area contributed by atoms with Crippen molar-refractivity contribution in [2.45, 2.75) is 18.5 Å². The molecule has 0 amide bonds. The van der Waals surface area contributed by atoms with Crippen molar-refractivity contribution in [2.75, 3.05) is 20.2 Å². The Morgan fingerprint density at radius 1 is 1.39 bits per heavy atom. The quantitative estimate of drug-likeness (QED) is 0.898. The van der Waals surface area contributed by atoms with E-state index in [0.29, 0.717) is 10.0 Å². The van der Waals surface area contributed by atoms with Gasteiger partial charge in [0.15, 0.2) is 0 Å². The number of methoxy groups -OCH3 is 1. The topological polar surface area (TPSA) is 21.3 Å². The highest BCUT2D eigenvalue weighted by atomic mass is 79.9. The molecule has 2 rings (SSSR count). The number of nitrogens with one attached hydrogen (secondary N) is 1. The molecule has 0 aromatic heterocycles. The first kappa shape index (κ1) is 13.7. The van der Waals surface area contributed by atoms with Gasteiger partial charge in [0.2, 0.25) is 0 Å². The third-order valence-corrected chi connectivity index (χ3v) is 3.70. The smallest absolute Gasteiger partial charge is 0.420 e. The fourth-order valence-corrected chi connectivity index (χ4v) is 2.85. The maximum absolute atomic E-state index is 13.0. The van der Waals surface area contributed by atoms with Crippen LogP contribution in [0, 0.1) is 0 Å². The van der Waals surface area contributed by atoms with Crippen LogP contribution in [0.4, 0.5) is 13.2 Å². The first-order chi connectivity index (χ1) is 8.43. The lowest BCUT2D eigenvalue weighted by Crippen LogP contribution is -2.11. The van der Waals surface area contributed by atoms with Crippen LogP contribution in [0.2, 0.25) is 0 Å². The van der Waals surface area contributed by atoms with Crippen LogP contribution in [0.25, 0.3) is 0 Å². The van der Waals surface area contributed by atoms with Gasteiger partial charge >= 0.3 is 6.18 Å². The first-order valence-electron chi connectivity index (χ1n) is 5.59. The Labute approximate surface area is 112 Å². The molecule has 1 aromatic rings. The lowest BCUT2D eigenvalue weighted by Gasteiger charge is -2.17. The molecule has 1 aliphatic rings. The minimum Gasteiger partial charge on any atom is -0.495 e. The van der Waals surface area contributed by atoms with Crippen LogP contribution in [-0.4, -0.2) is 20.2 Å². The molecule has 100 valence electrons. The van der Waals surface area contributed by atoms with Gasteiger partial charge in [-0.1, -0.05) is 0 Å². The van der Waals surface area contributed by atoms with Crippen molar-refractivity contribution < 1.29 is 17.9 Å². The molecule has 1 aliphatic heterocycles. The summed E-state index contributed by atoms with van der Waals surface area (Å²) in [7, 11) is 1.24. The lowest BCUT2D eigenvalue weighted by molar-refractivity contribution is -0.138. The van der Waals surface area contributed by atoms with Crippen molar-refractivity contribution >= 4 is 15.9 Å². The second-order valence-electron chi connectivity index (χ2n) is 4.27. The number of rotatable bonds is 2. The third-order valence-electron chi connectivity index (χ3n) is 3.11. The summed E-state index contributed by atoms with van der Waals surface area (Å²) in [6.45, 7) is 1.56. The molecule has 1 unspecified atom stereocenters. The fraction of sp³-hybridized carbons (Fsp3) is 0.500. The Morgan fingerprint density at radius 2 is 2.11 bits per heavy atom. The van der Waals surface area contributed by atoms with Crippen molar-refractivity contribution in [3.8, 4) is 5.75 Å². The molecule has 0 aliphatic carbocycles. The van der Waals surface area contributed by atoms with Gasteiger partial charge in [0.25, 0.3) is 0 Å². The van der Waals surface area contributed by atoms with Gasteiger partial charge in [0.05, 0.1) is 17.1 Å². The summed E-state index contributed by atoms with van der Waals surface area (Å²) in [5, 5.41) is 3.15. The number of halogens is 4. The molecule has 1 aromatic carbocycles. The predicted molar refractivity (Wildman–Crippen MR) is 65.9 cm³/mol. The molecule has 1 fully saturated rings. The molecular formula is C12H13BrF3NO. The van der Waals surface area contributed by atoms with E-state index in [1.54, 1.807) is 6.07 Å². The standard InChI is InChI=1S/C12H13BrF3NO/c1-18-11-9(12(14,15)16)4-8(5-10(11)13)7-2-3-17-6-7/h4-5,7,17H,2-3,6H2,1H3. The molecule has 6 heteroatoms. The number of benzene rings is 1. The van der Waals surface area contributed by atoms with Crippen LogP contribution >= 0.6 is 15.9 Å². The van der Waals surface area contributed by atoms with Gasteiger partial charge < -0.3 is 10.1 Å². The molecule has 1 saturated heterocycles. The highest BCUT2D eigenvalue weighted by molar-refractivity contribution is 9.10. The van der Waals surface area contributed by atoms with E-state index in [9.17, 15) is 13.2 Å². The van der Waals surface area contributed by atoms with Gasteiger partial charge in [-0.15, -0.1) is 0 Å². The molecule has 18 heavy (non-hydrogen) atoms. The van der Waals surface area contributed by atoms with E-state index in [1.165, 1.54) is 13.2 Å². The van der Waals surface area contributed by atoms with Crippen LogP contribution in [0.15, 0.2) is 16.6 Å². The molecule has 0 radical (unpaired) electrons. The molecule has 1 heterocycles. The molecule has 0 saturated carbocycles. The van der Waals surface area contributed by atoms with Gasteiger partial charge in [0.1, 0.15) is 5.75 Å². The Balaban J connectivity index is 2.48. The maximum atomic E-state index is 13.0. The largest absolute Gasteiger partial charge is 0.495 e. The molecule has 2 nitrogen and oxygen atoms in total. The van der Waals surface area contributed by atoms with Crippen molar-refractivity contribution in [1.29, 1.82) is 0 Å². The van der Waals surface area contributed by atoms with E-state index in [1.807, 2.05) is 0 Å². The zero-order chi connectivity index (χ0) is 13.3. The van der Waals surface area contributed by atoms with E-state index in [-0.39, 0.29) is 11.7 Å². The number of hydrogen-bond donors (Lipinski definition) is 1. The third kappa shape index (κ3) is 2.64. The molecule has 1 N–H and O–H groups in total. The van der Waals surface area contributed by atoms with Crippen molar-refractivity contribution in [3.63, 3.8) is 0 Å². The number of alkyl halides is 3. The normalized spacial score (nSPS) is 20.2. The Morgan fingerprint density at radius 3 is 2.61 bits per heavy atom. The monoisotopic (exact) mass is 323 g/mol. The second-order valence-corrected chi connectivity index (χ2v) is 5.13. The summed E-state index contributed by atoms with van der Waals surface area (Å²) >= 11 is 3.15. The van der Waals surface area contributed by atoms with Gasteiger partial charge in [-0.2, -0.15) is 13.2 Å². The maximum Gasteiger partial charge on any atom is 0.420 e. The van der Waals surface area contributed by atoms with Crippen molar-refractivity contribution in [1.82, 2.24) is 5.32 Å². The average Bonchev–Trinajstić information content (AvgIpc) is 2.80. The van der Waals surface area contributed by atoms with Crippen LogP contribution in [0.3, 0.4) is 0 Å². The Bertz CT molecular complexity index is 442. The van der Waals surface area contributed by atoms with E-state index in [4.69, 9.17) is 4.74 Å². The summed E-state index contributed by atoms with van der Waals surface area (Å²) in [5.41, 5.74) is -0.0266. The van der Waals surface area contributed by atoms with E-state index in [2.05, 4.69) is 21.2 Å². The van der Waals surface area contributed by atoms with Gasteiger partial charge in [-0.05, 0) is 52.5 Å². The zero-order valence-electron chi connectivity index (χ0n) is 9.77. The van der Waals surface area contributed by atoms with E-state index >= 15 is 0 Å². The molecule has 1 atom stereocenters. The van der Waals surface area contributed by atoms with Crippen LogP contribution in [0.1, 0.15) is 23.5 Å². The lowest BCUT2D eigenvalue weighted by atomic mass is 9.96. The highest BCUT2D eigenvalue weighted by Gasteiger charge is 2.36. The highest BCUT2D eigenvalue weighted by Crippen LogP contribution is 2.42. The van der Waals surface area contributed by atoms with E-state index in [0.717, 1.165) is 19.5 Å².